The molecule has 0 amide bonds. The van der Waals surface area contributed by atoms with Crippen LogP contribution in [0.3, 0.4) is 0 Å². The molecule has 0 aliphatic carbocycles. The molecule has 248 valence electrons. The maximum atomic E-state index is 12.4. The van der Waals surface area contributed by atoms with E-state index in [9.17, 15) is 9.46 Å². The Bertz CT molecular complexity index is 1050. The molecule has 0 saturated carbocycles. The summed E-state index contributed by atoms with van der Waals surface area (Å²) in [5, 5.41) is 0. The Hall–Kier alpha value is -0.820. The van der Waals surface area contributed by atoms with Crippen molar-refractivity contribution in [2.75, 3.05) is 52.7 Å². The van der Waals surface area contributed by atoms with Crippen LogP contribution in [0.2, 0.25) is 0 Å². The number of methoxy groups -OCH3 is 2. The van der Waals surface area contributed by atoms with Gasteiger partial charge in [0, 0.05) is 20.3 Å². The molecule has 0 aliphatic rings. The van der Waals surface area contributed by atoms with Crippen LogP contribution in [0.25, 0.3) is 11.2 Å². The number of nitrogens with two attached hydrogens (primary N) is 1. The monoisotopic (exact) mass is 651 g/mol. The Morgan fingerprint density at radius 3 is 2.07 bits per heavy atom. The zero-order chi connectivity index (χ0) is 31.2. The van der Waals surface area contributed by atoms with Crippen LogP contribution in [-0.2, 0) is 29.8 Å². The molecule has 0 aliphatic heterocycles. The molecule has 2 N–H and O–H groups in total. The van der Waals surface area contributed by atoms with Crippen molar-refractivity contribution in [1.29, 1.82) is 0 Å². The second-order valence-electron chi connectivity index (χ2n) is 11.0. The molecule has 0 saturated heterocycles. The summed E-state index contributed by atoms with van der Waals surface area (Å²) in [5.41, 5.74) is 6.66. The van der Waals surface area contributed by atoms with Crippen molar-refractivity contribution in [3.63, 3.8) is 0 Å². The second-order valence-corrected chi connectivity index (χ2v) is 12.8. The van der Waals surface area contributed by atoms with Gasteiger partial charge in [0.15, 0.2) is 18.8 Å². The van der Waals surface area contributed by atoms with Gasteiger partial charge in [0.2, 0.25) is 11.8 Å². The van der Waals surface area contributed by atoms with Crippen molar-refractivity contribution in [1.82, 2.24) is 19.5 Å². The third-order valence-corrected chi connectivity index (χ3v) is 8.27. The number of hydrogen-bond acceptors (Lipinski definition) is 11. The fourth-order valence-corrected chi connectivity index (χ4v) is 5.74. The van der Waals surface area contributed by atoms with Crippen LogP contribution in [0, 0.1) is 0 Å². The summed E-state index contributed by atoms with van der Waals surface area (Å²) < 4.78 is 40.9. The van der Waals surface area contributed by atoms with Gasteiger partial charge in [-0.2, -0.15) is 9.97 Å². The van der Waals surface area contributed by atoms with Gasteiger partial charge >= 0.3 is 29.6 Å². The molecule has 2 heterocycles. The number of hydrogen-bond donors (Lipinski definition) is 1. The van der Waals surface area contributed by atoms with Gasteiger partial charge in [0.05, 0.1) is 39.3 Å². The third kappa shape index (κ3) is 17.8. The molecule has 14 heteroatoms. The summed E-state index contributed by atoms with van der Waals surface area (Å²) in [6, 6.07) is 0. The standard InChI is InChI=1S/C30H56N5O7P.Na/c1-4-5-6-7-8-9-10-11-12-13-14-15-16-17-19-40-20-18-21-42-43(36,37)25-41-26(23-38-2)22-35-24-32-27-28(35)33-30(31)34-29(27)39-3;/h24,26H,4-23,25H2,1-3H3,(H,36,37)(H2,31,33,34);/q;+1/p-1/t26-;/m0./s1. The molecule has 2 atom stereocenters. The minimum Gasteiger partial charge on any atom is -0.777 e. The Morgan fingerprint density at radius 1 is 0.886 bits per heavy atom. The number of imidazole rings is 1. The van der Waals surface area contributed by atoms with Crippen LogP contribution in [-0.4, -0.2) is 72.6 Å². The first-order valence-electron chi connectivity index (χ1n) is 16.1. The van der Waals surface area contributed by atoms with Crippen LogP contribution >= 0.6 is 7.60 Å². The Balaban J connectivity index is 0.00000968. The number of nitrogens with zero attached hydrogens (tertiary/aromatic N) is 4. The van der Waals surface area contributed by atoms with E-state index in [1.165, 1.54) is 97.7 Å². The predicted octanol–water partition coefficient (Wildman–Crippen LogP) is 2.87. The summed E-state index contributed by atoms with van der Waals surface area (Å²) in [4.78, 5) is 24.9. The number of rotatable bonds is 28. The average molecular weight is 652 g/mol. The van der Waals surface area contributed by atoms with Crippen molar-refractivity contribution in [3.05, 3.63) is 6.33 Å². The maximum Gasteiger partial charge on any atom is 1.00 e. The van der Waals surface area contributed by atoms with E-state index in [1.54, 1.807) is 10.9 Å². The zero-order valence-electron chi connectivity index (χ0n) is 27.7. The first-order chi connectivity index (χ1) is 20.9. The maximum absolute atomic E-state index is 12.4. The molecule has 44 heavy (non-hydrogen) atoms. The predicted molar refractivity (Wildman–Crippen MR) is 167 cm³/mol. The number of ether oxygens (including phenoxy) is 4. The quantitative estimate of drug-likeness (QED) is 0.0820. The first-order valence-corrected chi connectivity index (χ1v) is 17.8. The van der Waals surface area contributed by atoms with E-state index < -0.39 is 20.0 Å². The van der Waals surface area contributed by atoms with Crippen LogP contribution < -0.4 is 44.9 Å². The largest absolute Gasteiger partial charge is 1.00 e. The first kappa shape index (κ1) is 41.2. The molecule has 0 bridgehead atoms. The summed E-state index contributed by atoms with van der Waals surface area (Å²) in [5.74, 6) is 0.294. The number of unbranched alkanes of at least 4 members (excludes halogenated alkanes) is 13. The van der Waals surface area contributed by atoms with E-state index in [0.29, 0.717) is 30.8 Å². The third-order valence-electron chi connectivity index (χ3n) is 7.23. The van der Waals surface area contributed by atoms with Crippen LogP contribution in [0.15, 0.2) is 6.33 Å². The Labute approximate surface area is 286 Å². The molecule has 0 aromatic carbocycles. The van der Waals surface area contributed by atoms with Crippen molar-refractivity contribution in [2.24, 2.45) is 0 Å². The van der Waals surface area contributed by atoms with Crippen LogP contribution in [0.1, 0.15) is 103 Å². The molecule has 0 spiro atoms. The number of nitrogen functional groups attached to an aromatic ring is 1. The fraction of sp³-hybridized carbons (Fsp3) is 0.833. The molecule has 1 unspecified atom stereocenters. The smallest absolute Gasteiger partial charge is 0.777 e. The summed E-state index contributed by atoms with van der Waals surface area (Å²) in [7, 11) is -1.22. The van der Waals surface area contributed by atoms with E-state index in [4.69, 9.17) is 29.2 Å². The summed E-state index contributed by atoms with van der Waals surface area (Å²) >= 11 is 0. The van der Waals surface area contributed by atoms with Crippen molar-refractivity contribution >= 4 is 24.7 Å². The molecular formula is C30H55N5NaO7P. The molecule has 2 aromatic heterocycles. The Kier molecular flexibility index (Phi) is 23.7. The van der Waals surface area contributed by atoms with Crippen molar-refractivity contribution in [3.8, 4) is 5.88 Å². The number of anilines is 1. The molecular weight excluding hydrogens is 596 g/mol. The molecule has 2 aromatic rings. The Morgan fingerprint density at radius 2 is 1.48 bits per heavy atom. The van der Waals surface area contributed by atoms with Crippen molar-refractivity contribution in [2.45, 2.75) is 116 Å². The van der Waals surface area contributed by atoms with Gasteiger partial charge in [0.25, 0.3) is 0 Å². The van der Waals surface area contributed by atoms with Gasteiger partial charge in [-0.05, 0) is 12.8 Å². The molecule has 0 fully saturated rings. The van der Waals surface area contributed by atoms with Gasteiger partial charge < -0.3 is 43.2 Å². The minimum absolute atomic E-state index is 0. The number of aromatic nitrogens is 4. The zero-order valence-corrected chi connectivity index (χ0v) is 30.6. The summed E-state index contributed by atoms with van der Waals surface area (Å²) in [6.45, 7) is 3.87. The summed E-state index contributed by atoms with van der Waals surface area (Å²) in [6.07, 6.45) is 19.4. The van der Waals surface area contributed by atoms with Gasteiger partial charge in [-0.1, -0.05) is 90.4 Å². The second kappa shape index (κ2) is 25.3. The van der Waals surface area contributed by atoms with Crippen LogP contribution in [0.4, 0.5) is 5.95 Å². The topological polar surface area (TPSA) is 156 Å². The molecule has 0 radical (unpaired) electrons. The SMILES string of the molecule is CCCCCCCCCCCCCCCCOCCCOP(=O)([O-])CO[C@H](COC)Cn1cnc2c(OC)nc(N)nc21.[Na+]. The fourth-order valence-electron chi connectivity index (χ4n) is 4.87. The molecule has 2 rings (SSSR count). The van der Waals surface area contributed by atoms with Gasteiger partial charge in [0.1, 0.15) is 6.35 Å². The van der Waals surface area contributed by atoms with E-state index in [0.717, 1.165) is 6.42 Å². The number of fused-ring (bicyclic) bond motifs is 1. The van der Waals surface area contributed by atoms with Crippen LogP contribution in [0.5, 0.6) is 5.88 Å². The van der Waals surface area contributed by atoms with E-state index in [-0.39, 0.29) is 61.1 Å². The average Bonchev–Trinajstić information content (AvgIpc) is 3.39. The van der Waals surface area contributed by atoms with Gasteiger partial charge in [-0.25, -0.2) is 4.98 Å². The molecule has 12 nitrogen and oxygen atoms in total. The van der Waals surface area contributed by atoms with Crippen molar-refractivity contribution < 1.29 is 62.5 Å². The van der Waals surface area contributed by atoms with E-state index in [2.05, 4.69) is 21.9 Å². The van der Waals surface area contributed by atoms with E-state index in [1.807, 2.05) is 0 Å². The normalized spacial score (nSPS) is 13.5. The van der Waals surface area contributed by atoms with Gasteiger partial charge in [-0.3, -0.25) is 0 Å². The van der Waals surface area contributed by atoms with E-state index >= 15 is 0 Å². The van der Waals surface area contributed by atoms with Gasteiger partial charge in [-0.15, -0.1) is 0 Å². The minimum atomic E-state index is -4.20.